The number of aromatic nitrogens is 4. The number of hydrogen-bond donors (Lipinski definition) is 1. The molecule has 0 radical (unpaired) electrons. The van der Waals surface area contributed by atoms with Crippen LogP contribution in [0.2, 0.25) is 0 Å². The lowest BCUT2D eigenvalue weighted by molar-refractivity contribution is -0.139. The van der Waals surface area contributed by atoms with Crippen molar-refractivity contribution >= 4 is 15.7 Å². The number of fused-ring (bicyclic) bond motifs is 3. The summed E-state index contributed by atoms with van der Waals surface area (Å²) in [6.07, 6.45) is -1.43. The fourth-order valence-electron chi connectivity index (χ4n) is 8.00. The van der Waals surface area contributed by atoms with E-state index in [4.69, 9.17) is 4.74 Å². The minimum absolute atomic E-state index is 0.0817. The molecule has 258 valence electrons. The summed E-state index contributed by atoms with van der Waals surface area (Å²) in [6.45, 7) is -0.500. The van der Waals surface area contributed by atoms with Crippen LogP contribution in [-0.2, 0) is 38.6 Å². The molecule has 0 bridgehead atoms. The Morgan fingerprint density at radius 2 is 1.76 bits per heavy atom. The molecule has 9 nitrogen and oxygen atoms in total. The van der Waals surface area contributed by atoms with Gasteiger partial charge in [-0.1, -0.05) is 12.1 Å². The molecular formula is C34H32F5N5O4S. The third kappa shape index (κ3) is 5.75. The predicted molar refractivity (Wildman–Crippen MR) is 165 cm³/mol. The number of nitrogens with one attached hydrogen (secondary N) is 1. The number of tetrazole rings is 1. The highest BCUT2D eigenvalue weighted by Crippen LogP contribution is 2.54. The van der Waals surface area contributed by atoms with Crippen LogP contribution < -0.4 is 4.74 Å². The van der Waals surface area contributed by atoms with E-state index in [1.165, 1.54) is 18.2 Å². The molecule has 3 aliphatic rings. The Balaban J connectivity index is 1.20. The van der Waals surface area contributed by atoms with Gasteiger partial charge >= 0.3 is 6.18 Å². The van der Waals surface area contributed by atoms with Gasteiger partial charge in [-0.3, -0.25) is 4.79 Å². The first-order chi connectivity index (χ1) is 23.4. The maximum absolute atomic E-state index is 14.7. The molecule has 1 saturated heterocycles. The summed E-state index contributed by atoms with van der Waals surface area (Å²) in [4.78, 5) is 15.7. The van der Waals surface area contributed by atoms with Crippen LogP contribution in [0.5, 0.6) is 5.75 Å². The summed E-state index contributed by atoms with van der Waals surface area (Å²) in [5.41, 5.74) is -0.727. The van der Waals surface area contributed by atoms with Crippen molar-refractivity contribution in [3.63, 3.8) is 0 Å². The maximum Gasteiger partial charge on any atom is 0.416 e. The number of aromatic amines is 1. The number of carbonyl (C=O) groups excluding carboxylic acids is 1. The normalized spacial score (nSPS) is 23.9. The van der Waals surface area contributed by atoms with Gasteiger partial charge in [-0.05, 0) is 115 Å². The Hall–Kier alpha value is -4.40. The first-order valence-electron chi connectivity index (χ1n) is 16.1. The summed E-state index contributed by atoms with van der Waals surface area (Å²) in [7, 11) is -4.22. The lowest BCUT2D eigenvalue weighted by atomic mass is 9.77. The predicted octanol–water partition coefficient (Wildman–Crippen LogP) is 6.27. The highest BCUT2D eigenvalue weighted by Gasteiger charge is 2.61. The summed E-state index contributed by atoms with van der Waals surface area (Å²) in [5, 5.41) is 14.1. The van der Waals surface area contributed by atoms with Crippen molar-refractivity contribution in [2.45, 2.75) is 79.3 Å². The number of sulfone groups is 1. The van der Waals surface area contributed by atoms with Crippen LogP contribution in [-0.4, -0.2) is 52.4 Å². The molecule has 2 aliphatic carbocycles. The molecule has 0 spiro atoms. The highest BCUT2D eigenvalue weighted by atomic mass is 32.2. The third-order valence-corrected chi connectivity index (χ3v) is 12.9. The molecule has 1 saturated carbocycles. The minimum atomic E-state index is -4.79. The van der Waals surface area contributed by atoms with Crippen LogP contribution in [0.4, 0.5) is 22.0 Å². The number of halogens is 5. The standard InChI is InChI=1S/C34H32F5N5O4S/c35-23-9-12-25(13-10-23)49(46,47)33-16-17-44(32(45)21-6-4-20(5-7-21)31-40-42-43-41-31)30(33)15-8-22-18-24(11-14-27(22)33)48-19-26-28(34(37,38)39)2-1-3-29(26)36/h1-3,9-14,18,20-21,30H,4-8,15-17,19H2,(H,40,41,42,43)/t20-,21-,30-,33-/m1/s1. The molecule has 1 amide bonds. The molecule has 0 unspecified atom stereocenters. The SMILES string of the molecule is O=C([C@H]1CC[C@H](c2nnn[nH]2)CC1)N1CC[C@@]2(S(=O)(=O)c3ccc(F)cc3)c3ccc(OCc4c(F)cccc4C(F)(F)F)cc3CC[C@@H]12. The number of H-pyrrole nitrogens is 1. The minimum Gasteiger partial charge on any atom is -0.489 e. The molecule has 2 heterocycles. The molecule has 49 heavy (non-hydrogen) atoms. The summed E-state index contributed by atoms with van der Waals surface area (Å²) in [5.74, 6) is -1.13. The zero-order chi connectivity index (χ0) is 34.6. The van der Waals surface area contributed by atoms with Crippen molar-refractivity contribution in [2.24, 2.45) is 5.92 Å². The van der Waals surface area contributed by atoms with Gasteiger partial charge in [0.05, 0.1) is 16.5 Å². The second-order valence-electron chi connectivity index (χ2n) is 12.9. The van der Waals surface area contributed by atoms with Gasteiger partial charge in [0.2, 0.25) is 5.91 Å². The van der Waals surface area contributed by atoms with Gasteiger partial charge in [0.15, 0.2) is 15.7 Å². The molecular weight excluding hydrogens is 669 g/mol. The number of carbonyl (C=O) groups is 1. The number of benzene rings is 3. The molecule has 15 heteroatoms. The van der Waals surface area contributed by atoms with Gasteiger partial charge in [0, 0.05) is 23.9 Å². The van der Waals surface area contributed by atoms with E-state index in [9.17, 15) is 35.2 Å². The lowest BCUT2D eigenvalue weighted by Gasteiger charge is -2.43. The zero-order valence-electron chi connectivity index (χ0n) is 26.1. The second-order valence-corrected chi connectivity index (χ2v) is 15.1. The number of aryl methyl sites for hydroxylation is 1. The lowest BCUT2D eigenvalue weighted by Crippen LogP contribution is -2.53. The van der Waals surface area contributed by atoms with Gasteiger partial charge < -0.3 is 9.64 Å². The molecule has 1 aromatic heterocycles. The van der Waals surface area contributed by atoms with Crippen LogP contribution in [0, 0.1) is 17.6 Å². The van der Waals surface area contributed by atoms with E-state index in [-0.39, 0.29) is 41.4 Å². The number of rotatable bonds is 7. The first kappa shape index (κ1) is 33.1. The van der Waals surface area contributed by atoms with E-state index >= 15 is 0 Å². The number of amides is 1. The number of nitrogens with zero attached hydrogens (tertiary/aromatic N) is 4. The van der Waals surface area contributed by atoms with Gasteiger partial charge in [-0.2, -0.15) is 13.2 Å². The highest BCUT2D eigenvalue weighted by molar-refractivity contribution is 7.92. The van der Waals surface area contributed by atoms with Crippen molar-refractivity contribution in [3.8, 4) is 5.75 Å². The summed E-state index contributed by atoms with van der Waals surface area (Å²) in [6, 6.07) is 11.2. The van der Waals surface area contributed by atoms with Crippen molar-refractivity contribution in [1.82, 2.24) is 25.5 Å². The largest absolute Gasteiger partial charge is 0.489 e. The van der Waals surface area contributed by atoms with E-state index in [1.807, 2.05) is 0 Å². The van der Waals surface area contributed by atoms with Crippen LogP contribution in [0.3, 0.4) is 0 Å². The number of ether oxygens (including phenoxy) is 1. The van der Waals surface area contributed by atoms with E-state index in [0.29, 0.717) is 55.5 Å². The van der Waals surface area contributed by atoms with E-state index < -0.39 is 56.2 Å². The van der Waals surface area contributed by atoms with Gasteiger partial charge in [-0.25, -0.2) is 22.3 Å². The molecule has 7 rings (SSSR count). The molecule has 1 aliphatic heterocycles. The van der Waals surface area contributed by atoms with E-state index in [2.05, 4.69) is 20.6 Å². The average Bonchev–Trinajstić information content (AvgIpc) is 3.77. The van der Waals surface area contributed by atoms with Crippen LogP contribution in [0.1, 0.15) is 72.5 Å². The molecule has 3 aromatic carbocycles. The first-order valence-corrected chi connectivity index (χ1v) is 17.5. The van der Waals surface area contributed by atoms with Crippen LogP contribution >= 0.6 is 0 Å². The molecule has 4 aromatic rings. The Labute approximate surface area is 278 Å². The quantitative estimate of drug-likeness (QED) is 0.178. The fourth-order valence-corrected chi connectivity index (χ4v) is 10.4. The van der Waals surface area contributed by atoms with Crippen molar-refractivity contribution in [1.29, 1.82) is 0 Å². The summed E-state index contributed by atoms with van der Waals surface area (Å²) < 4.78 is 103. The fraction of sp³-hybridized carbons (Fsp3) is 0.412. The summed E-state index contributed by atoms with van der Waals surface area (Å²) >= 11 is 0. The van der Waals surface area contributed by atoms with Crippen molar-refractivity contribution in [2.75, 3.05) is 6.54 Å². The second kappa shape index (κ2) is 12.5. The van der Waals surface area contributed by atoms with Crippen molar-refractivity contribution < 1.29 is 39.9 Å². The maximum atomic E-state index is 14.7. The van der Waals surface area contributed by atoms with Gasteiger partial charge in [-0.15, -0.1) is 5.10 Å². The van der Waals surface area contributed by atoms with E-state index in [1.54, 1.807) is 17.0 Å². The van der Waals surface area contributed by atoms with Crippen LogP contribution in [0.25, 0.3) is 0 Å². The van der Waals surface area contributed by atoms with Gasteiger partial charge in [0.1, 0.15) is 28.7 Å². The third-order valence-electron chi connectivity index (χ3n) is 10.4. The number of hydrogen-bond acceptors (Lipinski definition) is 7. The Kier molecular flexibility index (Phi) is 8.44. The van der Waals surface area contributed by atoms with E-state index in [0.717, 1.165) is 30.3 Å². The number of alkyl halides is 3. The average molecular weight is 702 g/mol. The van der Waals surface area contributed by atoms with Crippen LogP contribution in [0.15, 0.2) is 65.6 Å². The van der Waals surface area contributed by atoms with Gasteiger partial charge in [0.25, 0.3) is 0 Å². The van der Waals surface area contributed by atoms with Crippen molar-refractivity contribution in [3.05, 3.63) is 100 Å². The monoisotopic (exact) mass is 701 g/mol. The molecule has 1 N–H and O–H groups in total. The molecule has 2 fully saturated rings. The smallest absolute Gasteiger partial charge is 0.416 e. The Bertz CT molecular complexity index is 1970. The Morgan fingerprint density at radius 1 is 1.00 bits per heavy atom. The zero-order valence-corrected chi connectivity index (χ0v) is 26.9. The topological polar surface area (TPSA) is 118 Å². The Morgan fingerprint density at radius 3 is 2.45 bits per heavy atom. The number of likely N-dealkylation sites (tertiary alicyclic amines) is 1. The molecule has 2 atom stereocenters.